The molecular formula is C18H38CaN2O3. The Balaban J connectivity index is 0. The third-order valence-electron chi connectivity index (χ3n) is 4.09. The minimum absolute atomic E-state index is 0. The summed E-state index contributed by atoms with van der Waals surface area (Å²) in [5.41, 5.74) is 5.40. The molecule has 1 amide bonds. The maximum absolute atomic E-state index is 11.8. The van der Waals surface area contributed by atoms with Gasteiger partial charge in [-0.15, -0.1) is 0 Å². The van der Waals surface area contributed by atoms with Gasteiger partial charge in [0.1, 0.15) is 6.04 Å². The molecule has 0 rings (SSSR count). The van der Waals surface area contributed by atoms with Crippen LogP contribution < -0.4 is 11.1 Å². The number of hydrogen-bond donors (Lipinski definition) is 3. The first-order chi connectivity index (χ1) is 11.1. The van der Waals surface area contributed by atoms with Gasteiger partial charge in [-0.2, -0.15) is 0 Å². The third kappa shape index (κ3) is 17.0. The predicted octanol–water partition coefficient (Wildman–Crippen LogP) is 2.69. The average molecular weight is 371 g/mol. The van der Waals surface area contributed by atoms with Gasteiger partial charge in [0, 0.05) is 6.42 Å². The SMILES string of the molecule is CCCCCCCCCCCC(=O)NC(CCCCN)C(=O)O.[CaH2]. The van der Waals surface area contributed by atoms with Gasteiger partial charge in [-0.1, -0.05) is 58.3 Å². The van der Waals surface area contributed by atoms with Crippen molar-refractivity contribution < 1.29 is 14.7 Å². The number of carbonyl (C=O) groups is 2. The van der Waals surface area contributed by atoms with E-state index in [0.717, 1.165) is 32.1 Å². The summed E-state index contributed by atoms with van der Waals surface area (Å²) in [6.07, 6.45) is 13.2. The standard InChI is InChI=1S/C18H36N2O3.Ca.2H/c1-2-3-4-5-6-7-8-9-10-14-17(21)20-16(18(22)23)13-11-12-15-19;;;/h16H,2-15,19H2,1H3,(H,20,21)(H,22,23);;;. The molecule has 0 radical (unpaired) electrons. The van der Waals surface area contributed by atoms with Gasteiger partial charge in [0.2, 0.25) is 5.91 Å². The zero-order chi connectivity index (χ0) is 17.3. The molecule has 5 nitrogen and oxygen atoms in total. The van der Waals surface area contributed by atoms with Crippen molar-refractivity contribution in [3.8, 4) is 0 Å². The molecule has 0 aromatic heterocycles. The van der Waals surface area contributed by atoms with Crippen molar-refractivity contribution in [3.05, 3.63) is 0 Å². The Bertz CT molecular complexity index is 315. The molecule has 0 bridgehead atoms. The van der Waals surface area contributed by atoms with E-state index in [1.54, 1.807) is 0 Å². The molecule has 0 fully saturated rings. The van der Waals surface area contributed by atoms with Crippen LogP contribution in [0.2, 0.25) is 0 Å². The van der Waals surface area contributed by atoms with Gasteiger partial charge < -0.3 is 16.2 Å². The molecule has 0 aromatic rings. The van der Waals surface area contributed by atoms with Gasteiger partial charge >= 0.3 is 43.7 Å². The number of nitrogens with one attached hydrogen (secondary N) is 1. The van der Waals surface area contributed by atoms with Crippen LogP contribution in [-0.4, -0.2) is 67.3 Å². The van der Waals surface area contributed by atoms with E-state index in [0.29, 0.717) is 19.4 Å². The summed E-state index contributed by atoms with van der Waals surface area (Å²) in [5, 5.41) is 11.7. The number of aliphatic carboxylic acids is 1. The summed E-state index contributed by atoms with van der Waals surface area (Å²) in [6.45, 7) is 2.77. The van der Waals surface area contributed by atoms with E-state index in [1.165, 1.54) is 38.5 Å². The van der Waals surface area contributed by atoms with Crippen LogP contribution in [0, 0.1) is 0 Å². The number of nitrogens with two attached hydrogens (primary N) is 1. The predicted molar refractivity (Wildman–Crippen MR) is 103 cm³/mol. The molecule has 140 valence electrons. The molecule has 0 aliphatic carbocycles. The molecule has 0 heterocycles. The van der Waals surface area contributed by atoms with Crippen molar-refractivity contribution in [2.45, 2.75) is 96.4 Å². The fourth-order valence-electron chi connectivity index (χ4n) is 2.61. The van der Waals surface area contributed by atoms with Crippen LogP contribution >= 0.6 is 0 Å². The molecule has 0 saturated heterocycles. The Kier molecular flexibility index (Phi) is 21.4. The number of unbranched alkanes of at least 4 members (excludes halogenated alkanes) is 9. The van der Waals surface area contributed by atoms with E-state index < -0.39 is 12.0 Å². The topological polar surface area (TPSA) is 92.4 Å². The summed E-state index contributed by atoms with van der Waals surface area (Å²) < 4.78 is 0. The van der Waals surface area contributed by atoms with E-state index in [9.17, 15) is 9.59 Å². The minimum atomic E-state index is -0.956. The Morgan fingerprint density at radius 1 is 0.917 bits per heavy atom. The van der Waals surface area contributed by atoms with Crippen LogP contribution in [0.25, 0.3) is 0 Å². The van der Waals surface area contributed by atoms with Gasteiger partial charge in [-0.25, -0.2) is 4.79 Å². The Hall–Kier alpha value is 0.160. The summed E-state index contributed by atoms with van der Waals surface area (Å²) in [4.78, 5) is 22.9. The average Bonchev–Trinajstić information content (AvgIpc) is 2.52. The van der Waals surface area contributed by atoms with E-state index in [1.807, 2.05) is 0 Å². The molecule has 0 saturated carbocycles. The van der Waals surface area contributed by atoms with Gasteiger partial charge in [0.05, 0.1) is 0 Å². The van der Waals surface area contributed by atoms with Crippen molar-refractivity contribution in [2.75, 3.05) is 6.54 Å². The fraction of sp³-hybridized carbons (Fsp3) is 0.889. The van der Waals surface area contributed by atoms with Gasteiger partial charge in [0.15, 0.2) is 0 Å². The van der Waals surface area contributed by atoms with Crippen LogP contribution in [0.5, 0.6) is 0 Å². The van der Waals surface area contributed by atoms with Gasteiger partial charge in [-0.05, 0) is 32.2 Å². The number of carboxylic acid groups (broad SMARTS) is 1. The zero-order valence-corrected chi connectivity index (χ0v) is 14.8. The van der Waals surface area contributed by atoms with Crippen LogP contribution in [0.15, 0.2) is 0 Å². The molecule has 0 spiro atoms. The van der Waals surface area contributed by atoms with Crippen LogP contribution in [0.3, 0.4) is 0 Å². The Labute approximate surface area is 177 Å². The second-order valence-corrected chi connectivity index (χ2v) is 6.32. The number of carbonyl (C=O) groups excluding carboxylic acids is 1. The van der Waals surface area contributed by atoms with Gasteiger partial charge in [-0.3, -0.25) is 4.79 Å². The van der Waals surface area contributed by atoms with Crippen molar-refractivity contribution in [3.63, 3.8) is 0 Å². The van der Waals surface area contributed by atoms with Crippen molar-refractivity contribution in [1.82, 2.24) is 5.32 Å². The first-order valence-electron chi connectivity index (χ1n) is 9.34. The Morgan fingerprint density at radius 2 is 1.46 bits per heavy atom. The second-order valence-electron chi connectivity index (χ2n) is 6.32. The second kappa shape index (κ2) is 19.5. The van der Waals surface area contributed by atoms with Crippen molar-refractivity contribution in [2.24, 2.45) is 5.73 Å². The molecular weight excluding hydrogens is 332 g/mol. The molecule has 6 heteroatoms. The Morgan fingerprint density at radius 3 is 1.96 bits per heavy atom. The van der Waals surface area contributed by atoms with Crippen LogP contribution in [0.4, 0.5) is 0 Å². The molecule has 1 unspecified atom stereocenters. The molecule has 0 aliphatic rings. The summed E-state index contributed by atoms with van der Waals surface area (Å²) >= 11 is 0. The van der Waals surface area contributed by atoms with E-state index in [-0.39, 0.29) is 43.6 Å². The van der Waals surface area contributed by atoms with Gasteiger partial charge in [0.25, 0.3) is 0 Å². The molecule has 1 atom stereocenters. The monoisotopic (exact) mass is 370 g/mol. The number of rotatable bonds is 16. The maximum atomic E-state index is 11.8. The normalized spacial score (nSPS) is 11.6. The number of hydrogen-bond acceptors (Lipinski definition) is 3. The number of carboxylic acids is 1. The summed E-state index contributed by atoms with van der Waals surface area (Å²) in [6, 6.07) is -0.771. The van der Waals surface area contributed by atoms with E-state index >= 15 is 0 Å². The van der Waals surface area contributed by atoms with E-state index in [4.69, 9.17) is 10.8 Å². The third-order valence-corrected chi connectivity index (χ3v) is 4.09. The summed E-state index contributed by atoms with van der Waals surface area (Å²) in [5.74, 6) is -1.10. The molecule has 4 N–H and O–H groups in total. The number of amides is 1. The first-order valence-corrected chi connectivity index (χ1v) is 9.34. The quantitative estimate of drug-likeness (QED) is 0.288. The van der Waals surface area contributed by atoms with E-state index in [2.05, 4.69) is 12.2 Å². The molecule has 0 aliphatic heterocycles. The molecule has 24 heavy (non-hydrogen) atoms. The van der Waals surface area contributed by atoms with Crippen LogP contribution in [0.1, 0.15) is 90.4 Å². The van der Waals surface area contributed by atoms with Crippen molar-refractivity contribution >= 4 is 49.6 Å². The fourth-order valence-corrected chi connectivity index (χ4v) is 2.61. The zero-order valence-electron chi connectivity index (χ0n) is 14.8. The van der Waals surface area contributed by atoms with Crippen molar-refractivity contribution in [1.29, 1.82) is 0 Å². The first kappa shape index (κ1) is 26.4. The molecule has 0 aromatic carbocycles. The summed E-state index contributed by atoms with van der Waals surface area (Å²) in [7, 11) is 0. The van der Waals surface area contributed by atoms with Crippen LogP contribution in [-0.2, 0) is 9.59 Å².